The summed E-state index contributed by atoms with van der Waals surface area (Å²) in [6, 6.07) is 8.03. The molecule has 0 bridgehead atoms. The largest absolute Gasteiger partial charge is 0.497 e. The lowest BCUT2D eigenvalue weighted by Crippen LogP contribution is -2.40. The summed E-state index contributed by atoms with van der Waals surface area (Å²) in [6.45, 7) is 5.17. The lowest BCUT2D eigenvalue weighted by atomic mass is 9.87. The number of hydrogen-bond acceptors (Lipinski definition) is 3. The Hall–Kier alpha value is -2.04. The monoisotopic (exact) mass is 344 g/mol. The van der Waals surface area contributed by atoms with Gasteiger partial charge < -0.3 is 14.5 Å². The Bertz CT molecular complexity index is 654. The van der Waals surface area contributed by atoms with Crippen LogP contribution in [0.15, 0.2) is 24.3 Å². The molecule has 2 atom stereocenters. The van der Waals surface area contributed by atoms with E-state index in [0.717, 1.165) is 24.2 Å². The molecule has 0 aromatic heterocycles. The van der Waals surface area contributed by atoms with Gasteiger partial charge in [-0.15, -0.1) is 0 Å². The molecular weight excluding hydrogens is 316 g/mol. The van der Waals surface area contributed by atoms with Gasteiger partial charge in [0.15, 0.2) is 0 Å². The van der Waals surface area contributed by atoms with Crippen molar-refractivity contribution in [3.63, 3.8) is 0 Å². The number of benzene rings is 1. The van der Waals surface area contributed by atoms with Gasteiger partial charge in [-0.2, -0.15) is 0 Å². The first-order valence-corrected chi connectivity index (χ1v) is 9.11. The highest BCUT2D eigenvalue weighted by Gasteiger charge is 2.44. The van der Waals surface area contributed by atoms with Gasteiger partial charge in [0.05, 0.1) is 13.0 Å². The number of rotatable bonds is 5. The molecule has 2 fully saturated rings. The molecule has 25 heavy (non-hydrogen) atoms. The Balaban J connectivity index is 1.87. The van der Waals surface area contributed by atoms with Crippen LogP contribution in [0.4, 0.5) is 0 Å². The van der Waals surface area contributed by atoms with Crippen molar-refractivity contribution in [1.82, 2.24) is 9.80 Å². The van der Waals surface area contributed by atoms with E-state index in [0.29, 0.717) is 13.1 Å². The van der Waals surface area contributed by atoms with E-state index in [1.807, 2.05) is 50.1 Å². The van der Waals surface area contributed by atoms with E-state index >= 15 is 0 Å². The number of likely N-dealkylation sites (tertiary alicyclic amines) is 1. The third kappa shape index (κ3) is 3.65. The molecule has 1 aromatic rings. The Morgan fingerprint density at radius 3 is 2.56 bits per heavy atom. The fourth-order valence-electron chi connectivity index (χ4n) is 3.55. The summed E-state index contributed by atoms with van der Waals surface area (Å²) in [7, 11) is 3.49. The first-order chi connectivity index (χ1) is 11.9. The molecule has 0 N–H and O–H groups in total. The molecule has 0 radical (unpaired) electrons. The van der Waals surface area contributed by atoms with Crippen molar-refractivity contribution in [2.24, 2.45) is 11.8 Å². The quantitative estimate of drug-likeness (QED) is 0.825. The zero-order chi connectivity index (χ0) is 18.1. The Labute approximate surface area is 149 Å². The maximum Gasteiger partial charge on any atom is 0.228 e. The third-order valence-electron chi connectivity index (χ3n) is 5.52. The standard InChI is InChI=1S/C20H28N2O3/c1-13(2)21(3)20(24)18-12-22(19(23)14-8-9-14)11-17(18)15-6-5-7-16(10-15)25-4/h5-7,10,13-14,17-18H,8-9,11-12H2,1-4H3. The van der Waals surface area contributed by atoms with Gasteiger partial charge in [-0.1, -0.05) is 12.1 Å². The highest BCUT2D eigenvalue weighted by Crippen LogP contribution is 2.39. The van der Waals surface area contributed by atoms with Crippen LogP contribution in [-0.4, -0.2) is 54.9 Å². The lowest BCUT2D eigenvalue weighted by molar-refractivity contribution is -0.136. The van der Waals surface area contributed by atoms with Crippen molar-refractivity contribution in [2.45, 2.75) is 38.6 Å². The molecule has 1 saturated carbocycles. The predicted molar refractivity (Wildman–Crippen MR) is 96.4 cm³/mol. The third-order valence-corrected chi connectivity index (χ3v) is 5.52. The van der Waals surface area contributed by atoms with Gasteiger partial charge in [0.1, 0.15) is 5.75 Å². The minimum Gasteiger partial charge on any atom is -0.497 e. The number of carbonyl (C=O) groups excluding carboxylic acids is 2. The van der Waals surface area contributed by atoms with Gasteiger partial charge in [0.2, 0.25) is 11.8 Å². The number of methoxy groups -OCH3 is 1. The molecule has 3 rings (SSSR count). The summed E-state index contributed by atoms with van der Waals surface area (Å²) in [5.74, 6) is 1.13. The average molecular weight is 344 g/mol. The van der Waals surface area contributed by atoms with Crippen LogP contribution in [0.3, 0.4) is 0 Å². The van der Waals surface area contributed by atoms with Gasteiger partial charge in [0, 0.05) is 38.0 Å². The zero-order valence-electron chi connectivity index (χ0n) is 15.6. The van der Waals surface area contributed by atoms with Gasteiger partial charge >= 0.3 is 0 Å². The molecule has 1 heterocycles. The van der Waals surface area contributed by atoms with E-state index in [2.05, 4.69) is 0 Å². The number of ether oxygens (including phenoxy) is 1. The van der Waals surface area contributed by atoms with Gasteiger partial charge in [-0.3, -0.25) is 9.59 Å². The van der Waals surface area contributed by atoms with Crippen LogP contribution in [0.2, 0.25) is 0 Å². The summed E-state index contributed by atoms with van der Waals surface area (Å²) in [4.78, 5) is 29.3. The van der Waals surface area contributed by atoms with Crippen LogP contribution in [0.5, 0.6) is 5.75 Å². The van der Waals surface area contributed by atoms with Crippen molar-refractivity contribution in [2.75, 3.05) is 27.2 Å². The van der Waals surface area contributed by atoms with E-state index in [1.54, 1.807) is 12.0 Å². The van der Waals surface area contributed by atoms with E-state index in [-0.39, 0.29) is 35.6 Å². The second kappa shape index (κ2) is 7.06. The fraction of sp³-hybridized carbons (Fsp3) is 0.600. The number of amides is 2. The van der Waals surface area contributed by atoms with Crippen molar-refractivity contribution < 1.29 is 14.3 Å². The van der Waals surface area contributed by atoms with Crippen LogP contribution in [0.1, 0.15) is 38.2 Å². The number of hydrogen-bond donors (Lipinski definition) is 0. The first kappa shape index (κ1) is 17.8. The maximum atomic E-state index is 13.0. The van der Waals surface area contributed by atoms with E-state index in [1.165, 1.54) is 0 Å². The molecule has 0 spiro atoms. The van der Waals surface area contributed by atoms with Crippen LogP contribution >= 0.6 is 0 Å². The molecule has 1 aliphatic heterocycles. The molecular formula is C20H28N2O3. The summed E-state index contributed by atoms with van der Waals surface area (Å²) < 4.78 is 5.34. The van der Waals surface area contributed by atoms with Crippen LogP contribution in [-0.2, 0) is 9.59 Å². The molecule has 5 nitrogen and oxygen atoms in total. The Morgan fingerprint density at radius 2 is 1.96 bits per heavy atom. The lowest BCUT2D eigenvalue weighted by Gasteiger charge is -2.27. The molecule has 2 aliphatic rings. The molecule has 1 aromatic carbocycles. The summed E-state index contributed by atoms with van der Waals surface area (Å²) in [5, 5.41) is 0. The second-order valence-corrected chi connectivity index (χ2v) is 7.55. The predicted octanol–water partition coefficient (Wildman–Crippen LogP) is 2.51. The van der Waals surface area contributed by atoms with Gasteiger partial charge in [-0.25, -0.2) is 0 Å². The highest BCUT2D eigenvalue weighted by molar-refractivity contribution is 5.85. The Kier molecular flexibility index (Phi) is 5.02. The first-order valence-electron chi connectivity index (χ1n) is 9.11. The smallest absolute Gasteiger partial charge is 0.228 e. The maximum absolute atomic E-state index is 13.0. The minimum atomic E-state index is -0.192. The fourth-order valence-corrected chi connectivity index (χ4v) is 3.55. The summed E-state index contributed by atoms with van der Waals surface area (Å²) in [6.07, 6.45) is 1.98. The molecule has 2 amide bonds. The summed E-state index contributed by atoms with van der Waals surface area (Å²) >= 11 is 0. The SMILES string of the molecule is COc1cccc(C2CN(C(=O)C3CC3)CC2C(=O)N(C)C(C)C)c1. The van der Waals surface area contributed by atoms with Crippen molar-refractivity contribution in [3.8, 4) is 5.75 Å². The van der Waals surface area contributed by atoms with E-state index < -0.39 is 0 Å². The van der Waals surface area contributed by atoms with Crippen LogP contribution in [0, 0.1) is 11.8 Å². The minimum absolute atomic E-state index is 0.0199. The van der Waals surface area contributed by atoms with Crippen molar-refractivity contribution in [1.29, 1.82) is 0 Å². The highest BCUT2D eigenvalue weighted by atomic mass is 16.5. The van der Waals surface area contributed by atoms with Crippen molar-refractivity contribution >= 4 is 11.8 Å². The average Bonchev–Trinajstić information content (AvgIpc) is 3.37. The van der Waals surface area contributed by atoms with Crippen LogP contribution < -0.4 is 4.74 Å². The normalized spacial score (nSPS) is 23.0. The molecule has 2 unspecified atom stereocenters. The van der Waals surface area contributed by atoms with Crippen LogP contribution in [0.25, 0.3) is 0 Å². The molecule has 1 aliphatic carbocycles. The molecule has 1 saturated heterocycles. The van der Waals surface area contributed by atoms with E-state index in [4.69, 9.17) is 4.74 Å². The molecule has 5 heteroatoms. The topological polar surface area (TPSA) is 49.9 Å². The Morgan fingerprint density at radius 1 is 1.24 bits per heavy atom. The molecule has 136 valence electrons. The van der Waals surface area contributed by atoms with Gasteiger partial charge in [-0.05, 0) is 44.4 Å². The van der Waals surface area contributed by atoms with E-state index in [9.17, 15) is 9.59 Å². The second-order valence-electron chi connectivity index (χ2n) is 7.55. The van der Waals surface area contributed by atoms with Gasteiger partial charge in [0.25, 0.3) is 0 Å². The van der Waals surface area contributed by atoms with Crippen molar-refractivity contribution in [3.05, 3.63) is 29.8 Å². The number of carbonyl (C=O) groups is 2. The summed E-state index contributed by atoms with van der Waals surface area (Å²) in [5.41, 5.74) is 1.07. The zero-order valence-corrected chi connectivity index (χ0v) is 15.6. The number of nitrogens with zero attached hydrogens (tertiary/aromatic N) is 2.